The molecule has 0 aliphatic carbocycles. The standard InChI is InChI=1S/C12H12BrN3O3/c1-18-8-3-4-9(10(5-8)19-2)11(17)12(13)16-7-14-6-15-16/h3-7,12H,1-2H3. The van der Waals surface area contributed by atoms with Crippen molar-refractivity contribution in [1.82, 2.24) is 14.8 Å². The zero-order chi connectivity index (χ0) is 13.8. The van der Waals surface area contributed by atoms with Crippen LogP contribution in [0.15, 0.2) is 30.9 Å². The van der Waals surface area contributed by atoms with E-state index >= 15 is 0 Å². The van der Waals surface area contributed by atoms with Crippen molar-refractivity contribution >= 4 is 21.7 Å². The molecule has 0 aliphatic rings. The second-order valence-corrected chi connectivity index (χ2v) is 4.51. The van der Waals surface area contributed by atoms with Gasteiger partial charge in [-0.2, -0.15) is 5.10 Å². The second-order valence-electron chi connectivity index (χ2n) is 3.64. The van der Waals surface area contributed by atoms with Crippen LogP contribution in [0.5, 0.6) is 11.5 Å². The number of methoxy groups -OCH3 is 2. The molecule has 2 aromatic rings. The van der Waals surface area contributed by atoms with Crippen molar-refractivity contribution in [2.75, 3.05) is 14.2 Å². The van der Waals surface area contributed by atoms with Gasteiger partial charge < -0.3 is 9.47 Å². The zero-order valence-corrected chi connectivity index (χ0v) is 12.0. The number of ketones is 1. The van der Waals surface area contributed by atoms with Gasteiger partial charge >= 0.3 is 0 Å². The number of carbonyl (C=O) groups excluding carboxylic acids is 1. The number of Topliss-reactive ketones (excluding diaryl/α,β-unsaturated/α-hetero) is 1. The van der Waals surface area contributed by atoms with E-state index in [0.717, 1.165) is 0 Å². The SMILES string of the molecule is COc1ccc(C(=O)C(Br)n2cncn2)c(OC)c1. The van der Waals surface area contributed by atoms with E-state index in [0.29, 0.717) is 17.1 Å². The number of aromatic nitrogens is 3. The molecule has 0 N–H and O–H groups in total. The lowest BCUT2D eigenvalue weighted by molar-refractivity contribution is 0.0962. The van der Waals surface area contributed by atoms with Gasteiger partial charge in [0.25, 0.3) is 0 Å². The summed E-state index contributed by atoms with van der Waals surface area (Å²) in [5, 5.41) is 3.92. The van der Waals surface area contributed by atoms with Crippen LogP contribution >= 0.6 is 15.9 Å². The third kappa shape index (κ3) is 2.76. The molecule has 1 heterocycles. The number of hydrogen-bond acceptors (Lipinski definition) is 5. The van der Waals surface area contributed by atoms with Gasteiger partial charge in [-0.1, -0.05) is 15.9 Å². The van der Waals surface area contributed by atoms with Crippen LogP contribution in [0.3, 0.4) is 0 Å². The van der Waals surface area contributed by atoms with Crippen molar-refractivity contribution in [2.24, 2.45) is 0 Å². The summed E-state index contributed by atoms with van der Waals surface area (Å²) in [6.45, 7) is 0. The van der Waals surface area contributed by atoms with Crippen molar-refractivity contribution in [2.45, 2.75) is 4.95 Å². The Morgan fingerprint density at radius 2 is 2.16 bits per heavy atom. The summed E-state index contributed by atoms with van der Waals surface area (Å²) in [5.74, 6) is 0.902. The first-order valence-corrected chi connectivity index (χ1v) is 6.33. The van der Waals surface area contributed by atoms with Crippen LogP contribution in [0, 0.1) is 0 Å². The topological polar surface area (TPSA) is 66.2 Å². The maximum atomic E-state index is 12.4. The van der Waals surface area contributed by atoms with Gasteiger partial charge in [0.2, 0.25) is 5.78 Å². The van der Waals surface area contributed by atoms with Gasteiger partial charge in [0.05, 0.1) is 19.8 Å². The summed E-state index contributed by atoms with van der Waals surface area (Å²) in [5.41, 5.74) is 0.445. The highest BCUT2D eigenvalue weighted by Crippen LogP contribution is 2.29. The Morgan fingerprint density at radius 1 is 1.37 bits per heavy atom. The molecule has 0 fully saturated rings. The van der Waals surface area contributed by atoms with Crippen LogP contribution in [0.1, 0.15) is 15.3 Å². The third-order valence-corrected chi connectivity index (χ3v) is 3.39. The van der Waals surface area contributed by atoms with Gasteiger partial charge in [0.15, 0.2) is 4.95 Å². The van der Waals surface area contributed by atoms with E-state index in [1.807, 2.05) is 0 Å². The predicted molar refractivity (Wildman–Crippen MR) is 71.9 cm³/mol. The summed E-state index contributed by atoms with van der Waals surface area (Å²) >= 11 is 3.29. The van der Waals surface area contributed by atoms with Crippen molar-refractivity contribution in [3.8, 4) is 11.5 Å². The second kappa shape index (κ2) is 5.83. The van der Waals surface area contributed by atoms with E-state index in [4.69, 9.17) is 9.47 Å². The minimum Gasteiger partial charge on any atom is -0.497 e. The summed E-state index contributed by atoms with van der Waals surface area (Å²) in [7, 11) is 3.06. The molecule has 0 aliphatic heterocycles. The molecular weight excluding hydrogens is 314 g/mol. The molecule has 6 nitrogen and oxygen atoms in total. The number of alkyl halides is 1. The highest BCUT2D eigenvalue weighted by molar-refractivity contribution is 9.09. The molecule has 0 saturated heterocycles. The van der Waals surface area contributed by atoms with Gasteiger partial charge in [0, 0.05) is 6.07 Å². The number of halogens is 1. The zero-order valence-electron chi connectivity index (χ0n) is 10.4. The van der Waals surface area contributed by atoms with Crippen LogP contribution in [-0.2, 0) is 0 Å². The first kappa shape index (κ1) is 13.5. The summed E-state index contributed by atoms with van der Waals surface area (Å²) in [4.78, 5) is 15.5. The largest absolute Gasteiger partial charge is 0.497 e. The molecule has 0 saturated carbocycles. The molecule has 0 amide bonds. The maximum Gasteiger partial charge on any atom is 0.201 e. The molecule has 19 heavy (non-hydrogen) atoms. The fraction of sp³-hybridized carbons (Fsp3) is 0.250. The summed E-state index contributed by atoms with van der Waals surface area (Å²) < 4.78 is 11.7. The van der Waals surface area contributed by atoms with Crippen molar-refractivity contribution in [1.29, 1.82) is 0 Å². The lowest BCUT2D eigenvalue weighted by atomic mass is 10.1. The molecule has 1 aromatic carbocycles. The third-order valence-electron chi connectivity index (χ3n) is 2.56. The molecule has 100 valence electrons. The number of hydrogen-bond donors (Lipinski definition) is 0. The molecule has 1 atom stereocenters. The normalized spacial score (nSPS) is 11.9. The highest BCUT2D eigenvalue weighted by atomic mass is 79.9. The minimum atomic E-state index is -0.628. The van der Waals surface area contributed by atoms with E-state index in [2.05, 4.69) is 26.0 Å². The smallest absolute Gasteiger partial charge is 0.201 e. The Morgan fingerprint density at radius 3 is 2.74 bits per heavy atom. The van der Waals surface area contributed by atoms with Crippen LogP contribution in [-0.4, -0.2) is 34.8 Å². The quantitative estimate of drug-likeness (QED) is 0.622. The fourth-order valence-corrected chi connectivity index (χ4v) is 2.04. The van der Waals surface area contributed by atoms with Crippen molar-refractivity contribution in [3.63, 3.8) is 0 Å². The van der Waals surface area contributed by atoms with Gasteiger partial charge in [-0.3, -0.25) is 4.79 Å². The number of rotatable bonds is 5. The maximum absolute atomic E-state index is 12.4. The Hall–Kier alpha value is -1.89. The summed E-state index contributed by atoms with van der Waals surface area (Å²) in [6, 6.07) is 5.02. The molecule has 1 aromatic heterocycles. The minimum absolute atomic E-state index is 0.176. The molecule has 0 bridgehead atoms. The lowest BCUT2D eigenvalue weighted by Gasteiger charge is -2.12. The Kier molecular flexibility index (Phi) is 4.16. The molecule has 0 spiro atoms. The Bertz CT molecular complexity index is 572. The van der Waals surface area contributed by atoms with Gasteiger partial charge in [-0.25, -0.2) is 9.67 Å². The summed E-state index contributed by atoms with van der Waals surface area (Å²) in [6.07, 6.45) is 2.83. The van der Waals surface area contributed by atoms with E-state index in [9.17, 15) is 4.79 Å². The van der Waals surface area contributed by atoms with E-state index in [1.54, 1.807) is 25.3 Å². The molecule has 1 unspecified atom stereocenters. The first-order valence-electron chi connectivity index (χ1n) is 5.41. The van der Waals surface area contributed by atoms with Gasteiger partial charge in [-0.15, -0.1) is 0 Å². The monoisotopic (exact) mass is 325 g/mol. The highest BCUT2D eigenvalue weighted by Gasteiger charge is 2.22. The van der Waals surface area contributed by atoms with E-state index < -0.39 is 4.95 Å². The molecule has 2 rings (SSSR count). The average molecular weight is 326 g/mol. The number of nitrogens with zero attached hydrogens (tertiary/aromatic N) is 3. The van der Waals surface area contributed by atoms with Crippen LogP contribution in [0.4, 0.5) is 0 Å². The van der Waals surface area contributed by atoms with Crippen molar-refractivity contribution in [3.05, 3.63) is 36.4 Å². The van der Waals surface area contributed by atoms with Crippen LogP contribution in [0.25, 0.3) is 0 Å². The number of carbonyl (C=O) groups is 1. The van der Waals surface area contributed by atoms with Crippen LogP contribution < -0.4 is 9.47 Å². The average Bonchev–Trinajstić information content (AvgIpc) is 2.99. The fourth-order valence-electron chi connectivity index (χ4n) is 1.58. The Balaban J connectivity index is 2.33. The van der Waals surface area contributed by atoms with E-state index in [1.165, 1.54) is 24.4 Å². The number of ether oxygens (including phenoxy) is 2. The van der Waals surface area contributed by atoms with Crippen LogP contribution in [0.2, 0.25) is 0 Å². The molecule has 0 radical (unpaired) electrons. The molecule has 7 heteroatoms. The van der Waals surface area contributed by atoms with Crippen molar-refractivity contribution < 1.29 is 14.3 Å². The number of benzene rings is 1. The predicted octanol–water partition coefficient (Wildman–Crippen LogP) is 2.07. The van der Waals surface area contributed by atoms with Gasteiger partial charge in [0.1, 0.15) is 24.2 Å². The lowest BCUT2D eigenvalue weighted by Crippen LogP contribution is -2.15. The molecular formula is C12H12BrN3O3. The Labute approximate surface area is 118 Å². The van der Waals surface area contributed by atoms with E-state index in [-0.39, 0.29) is 5.78 Å². The van der Waals surface area contributed by atoms with Gasteiger partial charge in [-0.05, 0) is 12.1 Å². The first-order chi connectivity index (χ1) is 9.17.